The lowest BCUT2D eigenvalue weighted by Crippen LogP contribution is -2.47. The Kier molecular flexibility index (Phi) is 6.32. The van der Waals surface area contributed by atoms with Crippen molar-refractivity contribution in [3.8, 4) is 0 Å². The van der Waals surface area contributed by atoms with Crippen LogP contribution in [-0.4, -0.2) is 57.5 Å². The lowest BCUT2D eigenvalue weighted by molar-refractivity contribution is 0.0439. The molecule has 8 nitrogen and oxygen atoms in total. The number of hydrogen-bond donors (Lipinski definition) is 1. The number of imidazole rings is 1. The third-order valence-electron chi connectivity index (χ3n) is 5.05. The Hall–Kier alpha value is -2.61. The molecule has 2 atom stereocenters. The molecule has 0 bridgehead atoms. The number of piperidine rings is 1. The highest BCUT2D eigenvalue weighted by Crippen LogP contribution is 2.32. The molecule has 1 saturated heterocycles. The SMILES string of the molecule is CN1CC[C@@H](NC(=O)OC(C)(C)C)C[C@@H]1c1nc2ccccc2n1C(=O)OC(C)(C)C. The zero-order valence-corrected chi connectivity index (χ0v) is 19.6. The summed E-state index contributed by atoms with van der Waals surface area (Å²) in [4.78, 5) is 32.3. The van der Waals surface area contributed by atoms with Crippen molar-refractivity contribution in [1.82, 2.24) is 19.8 Å². The molecule has 1 N–H and O–H groups in total. The first kappa shape index (κ1) is 23.1. The van der Waals surface area contributed by atoms with E-state index in [1.165, 1.54) is 0 Å². The number of hydrogen-bond acceptors (Lipinski definition) is 6. The molecule has 0 unspecified atom stereocenters. The standard InChI is InChI=1S/C23H34N4O4/c1-22(2,3)30-20(28)24-15-12-13-26(7)18(14-15)19-25-16-10-8-9-11-17(16)27(19)21(29)31-23(4,5)6/h8-11,15,18H,12-14H2,1-7H3,(H,24,28)/t15-,18-/m1/s1. The van der Waals surface area contributed by atoms with Gasteiger partial charge >= 0.3 is 12.2 Å². The zero-order valence-electron chi connectivity index (χ0n) is 19.6. The molecule has 0 saturated carbocycles. The Bertz CT molecular complexity index is 955. The molecule has 0 radical (unpaired) electrons. The number of alkyl carbamates (subject to hydrolysis) is 1. The van der Waals surface area contributed by atoms with Crippen LogP contribution >= 0.6 is 0 Å². The molecular weight excluding hydrogens is 396 g/mol. The molecule has 0 aliphatic carbocycles. The fraction of sp³-hybridized carbons (Fsp3) is 0.609. The number of aromatic nitrogens is 2. The molecule has 3 rings (SSSR count). The van der Waals surface area contributed by atoms with Gasteiger partial charge in [-0.2, -0.15) is 0 Å². The maximum atomic E-state index is 13.1. The minimum Gasteiger partial charge on any atom is -0.444 e. The van der Waals surface area contributed by atoms with E-state index in [2.05, 4.69) is 10.2 Å². The lowest BCUT2D eigenvalue weighted by Gasteiger charge is -2.37. The van der Waals surface area contributed by atoms with Crippen molar-refractivity contribution < 1.29 is 19.1 Å². The number of likely N-dealkylation sites (tertiary alicyclic amines) is 1. The van der Waals surface area contributed by atoms with E-state index in [-0.39, 0.29) is 12.1 Å². The third kappa shape index (κ3) is 5.76. The highest BCUT2D eigenvalue weighted by atomic mass is 16.6. The molecule has 0 spiro atoms. The number of nitrogens with one attached hydrogen (secondary N) is 1. The molecule has 1 fully saturated rings. The molecule has 1 amide bonds. The first-order chi connectivity index (χ1) is 14.3. The van der Waals surface area contributed by atoms with Crippen LogP contribution in [-0.2, 0) is 9.47 Å². The molecule has 2 heterocycles. The van der Waals surface area contributed by atoms with E-state index >= 15 is 0 Å². The summed E-state index contributed by atoms with van der Waals surface area (Å²) in [5.41, 5.74) is 0.264. The van der Waals surface area contributed by atoms with Crippen LogP contribution in [0.3, 0.4) is 0 Å². The molecule has 2 aromatic rings. The predicted molar refractivity (Wildman–Crippen MR) is 119 cm³/mol. The lowest BCUT2D eigenvalue weighted by atomic mass is 9.97. The maximum absolute atomic E-state index is 13.1. The number of benzene rings is 1. The van der Waals surface area contributed by atoms with Gasteiger partial charge in [0.05, 0.1) is 17.1 Å². The quantitative estimate of drug-likeness (QED) is 0.756. The Morgan fingerprint density at radius 2 is 1.71 bits per heavy atom. The molecule has 1 aliphatic rings. The van der Waals surface area contributed by atoms with Gasteiger partial charge in [-0.15, -0.1) is 0 Å². The predicted octanol–water partition coefficient (Wildman–Crippen LogP) is 4.48. The van der Waals surface area contributed by atoms with Gasteiger partial charge in [-0.25, -0.2) is 19.1 Å². The average Bonchev–Trinajstić information content (AvgIpc) is 2.99. The maximum Gasteiger partial charge on any atom is 0.420 e. The van der Waals surface area contributed by atoms with E-state index < -0.39 is 23.4 Å². The summed E-state index contributed by atoms with van der Waals surface area (Å²) in [6.07, 6.45) is 0.522. The number of carbonyl (C=O) groups excluding carboxylic acids is 2. The average molecular weight is 431 g/mol. The van der Waals surface area contributed by atoms with Gasteiger partial charge < -0.3 is 14.8 Å². The van der Waals surface area contributed by atoms with Crippen LogP contribution in [0.2, 0.25) is 0 Å². The summed E-state index contributed by atoms with van der Waals surface area (Å²) in [5, 5.41) is 2.98. The first-order valence-corrected chi connectivity index (χ1v) is 10.7. The van der Waals surface area contributed by atoms with Crippen molar-refractivity contribution >= 4 is 23.2 Å². The van der Waals surface area contributed by atoms with Crippen molar-refractivity contribution in [2.75, 3.05) is 13.6 Å². The van der Waals surface area contributed by atoms with Crippen molar-refractivity contribution in [2.45, 2.75) is 77.7 Å². The Balaban J connectivity index is 1.91. The topological polar surface area (TPSA) is 85.7 Å². The van der Waals surface area contributed by atoms with Crippen molar-refractivity contribution in [2.24, 2.45) is 0 Å². The van der Waals surface area contributed by atoms with E-state index in [0.717, 1.165) is 18.5 Å². The van der Waals surface area contributed by atoms with E-state index in [4.69, 9.17) is 14.5 Å². The Labute approximate surface area is 183 Å². The summed E-state index contributed by atoms with van der Waals surface area (Å²) >= 11 is 0. The Morgan fingerprint density at radius 1 is 1.06 bits per heavy atom. The molecule has 1 aliphatic heterocycles. The largest absolute Gasteiger partial charge is 0.444 e. The molecule has 1 aromatic carbocycles. The zero-order chi connectivity index (χ0) is 23.0. The molecule has 170 valence electrons. The van der Waals surface area contributed by atoms with Crippen LogP contribution in [0.4, 0.5) is 9.59 Å². The fourth-order valence-corrected chi connectivity index (χ4v) is 3.76. The van der Waals surface area contributed by atoms with Gasteiger partial charge in [0.25, 0.3) is 0 Å². The highest BCUT2D eigenvalue weighted by Gasteiger charge is 2.35. The van der Waals surface area contributed by atoms with E-state index in [9.17, 15) is 9.59 Å². The number of nitrogens with zero attached hydrogens (tertiary/aromatic N) is 3. The number of rotatable bonds is 2. The monoisotopic (exact) mass is 430 g/mol. The summed E-state index contributed by atoms with van der Waals surface area (Å²) in [6, 6.07) is 7.30. The van der Waals surface area contributed by atoms with Gasteiger partial charge in [0, 0.05) is 12.6 Å². The van der Waals surface area contributed by atoms with Gasteiger partial charge in [-0.05, 0) is 73.6 Å². The van der Waals surface area contributed by atoms with Crippen molar-refractivity contribution in [1.29, 1.82) is 0 Å². The summed E-state index contributed by atoms with van der Waals surface area (Å²) in [7, 11) is 2.01. The second-order valence-corrected chi connectivity index (χ2v) is 10.1. The Morgan fingerprint density at radius 3 is 2.35 bits per heavy atom. The van der Waals surface area contributed by atoms with Crippen LogP contribution in [0.25, 0.3) is 11.0 Å². The second-order valence-electron chi connectivity index (χ2n) is 10.1. The minimum absolute atomic E-state index is 0.0806. The van der Waals surface area contributed by atoms with Crippen molar-refractivity contribution in [3.63, 3.8) is 0 Å². The molecule has 8 heteroatoms. The number of para-hydroxylation sites is 2. The van der Waals surface area contributed by atoms with Crippen LogP contribution < -0.4 is 5.32 Å². The molecular formula is C23H34N4O4. The number of ether oxygens (including phenoxy) is 2. The first-order valence-electron chi connectivity index (χ1n) is 10.7. The summed E-state index contributed by atoms with van der Waals surface area (Å²) in [6.45, 7) is 11.8. The molecule has 31 heavy (non-hydrogen) atoms. The molecule has 1 aromatic heterocycles. The van der Waals surface area contributed by atoms with Crippen LogP contribution in [0.1, 0.15) is 66.3 Å². The van der Waals surface area contributed by atoms with Gasteiger partial charge in [-0.3, -0.25) is 4.90 Å². The minimum atomic E-state index is -0.626. The van der Waals surface area contributed by atoms with Gasteiger partial charge in [-0.1, -0.05) is 12.1 Å². The van der Waals surface area contributed by atoms with E-state index in [1.54, 1.807) is 4.57 Å². The fourth-order valence-electron chi connectivity index (χ4n) is 3.76. The van der Waals surface area contributed by atoms with Crippen LogP contribution in [0.5, 0.6) is 0 Å². The third-order valence-corrected chi connectivity index (χ3v) is 5.05. The van der Waals surface area contributed by atoms with E-state index in [1.807, 2.05) is 72.9 Å². The van der Waals surface area contributed by atoms with Gasteiger partial charge in [0.15, 0.2) is 0 Å². The number of fused-ring (bicyclic) bond motifs is 1. The summed E-state index contributed by atoms with van der Waals surface area (Å²) < 4.78 is 12.7. The van der Waals surface area contributed by atoms with Crippen molar-refractivity contribution in [3.05, 3.63) is 30.1 Å². The highest BCUT2D eigenvalue weighted by molar-refractivity contribution is 5.87. The van der Waals surface area contributed by atoms with Gasteiger partial charge in [0.2, 0.25) is 0 Å². The second kappa shape index (κ2) is 8.49. The summed E-state index contributed by atoms with van der Waals surface area (Å²) in [5.74, 6) is 0.619. The van der Waals surface area contributed by atoms with Gasteiger partial charge in [0.1, 0.15) is 17.0 Å². The smallest absolute Gasteiger partial charge is 0.420 e. The normalized spacial score (nSPS) is 20.5. The number of amides is 1. The van der Waals surface area contributed by atoms with Crippen LogP contribution in [0.15, 0.2) is 24.3 Å². The van der Waals surface area contributed by atoms with Crippen LogP contribution in [0, 0.1) is 0 Å². The van der Waals surface area contributed by atoms with E-state index in [0.29, 0.717) is 17.8 Å². The number of carbonyl (C=O) groups is 2.